The summed E-state index contributed by atoms with van der Waals surface area (Å²) in [5.41, 5.74) is 0.533. The van der Waals surface area contributed by atoms with Gasteiger partial charge in [-0.1, -0.05) is 0 Å². The molecular weight excluding hydrogens is 220 g/mol. The van der Waals surface area contributed by atoms with Crippen molar-refractivity contribution in [1.82, 2.24) is 9.88 Å². The van der Waals surface area contributed by atoms with Crippen LogP contribution in [0.4, 0.5) is 0 Å². The quantitative estimate of drug-likeness (QED) is 0.801. The molecule has 1 N–H and O–H groups in total. The Morgan fingerprint density at radius 3 is 2.76 bits per heavy atom. The summed E-state index contributed by atoms with van der Waals surface area (Å²) in [6.45, 7) is 3.17. The summed E-state index contributed by atoms with van der Waals surface area (Å²) < 4.78 is 4.93. The minimum absolute atomic E-state index is 0.0731. The van der Waals surface area contributed by atoms with Crippen molar-refractivity contribution in [2.24, 2.45) is 0 Å². The smallest absolute Gasteiger partial charge is 0.255 e. The summed E-state index contributed by atoms with van der Waals surface area (Å²) in [6, 6.07) is 3.35. The summed E-state index contributed by atoms with van der Waals surface area (Å²) >= 11 is 0. The maximum Gasteiger partial charge on any atom is 0.255 e. The summed E-state index contributed by atoms with van der Waals surface area (Å²) in [6.07, 6.45) is 2.09. The fourth-order valence-electron chi connectivity index (χ4n) is 1.47. The van der Waals surface area contributed by atoms with Crippen molar-refractivity contribution in [1.29, 1.82) is 0 Å². The van der Waals surface area contributed by atoms with Gasteiger partial charge in [-0.3, -0.25) is 4.79 Å². The number of hydrogen-bond acceptors (Lipinski definition) is 4. The van der Waals surface area contributed by atoms with E-state index in [-0.39, 0.29) is 12.5 Å². The molecule has 5 nitrogen and oxygen atoms in total. The number of aliphatic hydroxyl groups excluding tert-OH is 1. The second-order valence-electron chi connectivity index (χ2n) is 3.55. The molecule has 0 saturated carbocycles. The van der Waals surface area contributed by atoms with Gasteiger partial charge in [0.2, 0.25) is 5.88 Å². The van der Waals surface area contributed by atoms with Gasteiger partial charge in [-0.2, -0.15) is 0 Å². The normalized spacial score (nSPS) is 10.1. The van der Waals surface area contributed by atoms with E-state index in [1.165, 1.54) is 13.3 Å². The van der Waals surface area contributed by atoms with Crippen LogP contribution in [-0.2, 0) is 0 Å². The number of aliphatic hydroxyl groups is 1. The first-order valence-electron chi connectivity index (χ1n) is 5.63. The number of carbonyl (C=O) groups is 1. The van der Waals surface area contributed by atoms with Crippen LogP contribution in [0.2, 0.25) is 0 Å². The number of methoxy groups -OCH3 is 1. The molecule has 0 atom stereocenters. The van der Waals surface area contributed by atoms with Crippen LogP contribution in [0.1, 0.15) is 23.7 Å². The molecule has 5 heteroatoms. The molecule has 0 unspecified atom stereocenters. The zero-order valence-electron chi connectivity index (χ0n) is 10.2. The van der Waals surface area contributed by atoms with Crippen LogP contribution in [0.25, 0.3) is 0 Å². The van der Waals surface area contributed by atoms with E-state index in [1.54, 1.807) is 17.0 Å². The number of ether oxygens (including phenoxy) is 1. The third-order valence-electron chi connectivity index (χ3n) is 2.45. The van der Waals surface area contributed by atoms with Crippen molar-refractivity contribution >= 4 is 5.91 Å². The van der Waals surface area contributed by atoms with Crippen molar-refractivity contribution in [3.8, 4) is 5.88 Å². The predicted octanol–water partition coefficient (Wildman–Crippen LogP) is 0.935. The molecule has 0 spiro atoms. The van der Waals surface area contributed by atoms with Crippen LogP contribution in [0, 0.1) is 0 Å². The molecule has 0 fully saturated rings. The van der Waals surface area contributed by atoms with E-state index in [1.807, 2.05) is 6.92 Å². The molecule has 0 aliphatic carbocycles. The van der Waals surface area contributed by atoms with Crippen LogP contribution in [0.5, 0.6) is 5.88 Å². The first-order valence-corrected chi connectivity index (χ1v) is 5.63. The first-order chi connectivity index (χ1) is 8.22. The van der Waals surface area contributed by atoms with Gasteiger partial charge in [-0.05, 0) is 19.4 Å². The van der Waals surface area contributed by atoms with Gasteiger partial charge in [0.05, 0.1) is 12.7 Å². The molecule has 94 valence electrons. The third kappa shape index (κ3) is 3.71. The monoisotopic (exact) mass is 238 g/mol. The van der Waals surface area contributed by atoms with Crippen molar-refractivity contribution in [3.63, 3.8) is 0 Å². The third-order valence-corrected chi connectivity index (χ3v) is 2.45. The second kappa shape index (κ2) is 6.85. The Labute approximate surface area is 101 Å². The molecular formula is C12H18N2O3. The van der Waals surface area contributed by atoms with E-state index < -0.39 is 0 Å². The first kappa shape index (κ1) is 13.4. The number of carbonyl (C=O) groups excluding carboxylic acids is 1. The van der Waals surface area contributed by atoms with E-state index in [0.29, 0.717) is 31.0 Å². The van der Waals surface area contributed by atoms with Gasteiger partial charge in [0.15, 0.2) is 0 Å². The fourth-order valence-corrected chi connectivity index (χ4v) is 1.47. The van der Waals surface area contributed by atoms with Gasteiger partial charge in [-0.15, -0.1) is 0 Å². The minimum Gasteiger partial charge on any atom is -0.481 e. The Balaban J connectivity index is 2.71. The zero-order chi connectivity index (χ0) is 12.7. The molecule has 1 aromatic heterocycles. The highest BCUT2D eigenvalue weighted by molar-refractivity contribution is 5.93. The molecule has 1 rings (SSSR count). The van der Waals surface area contributed by atoms with Crippen LogP contribution in [-0.4, -0.2) is 47.7 Å². The van der Waals surface area contributed by atoms with Gasteiger partial charge >= 0.3 is 0 Å². The Bertz CT molecular complexity index is 351. The number of hydrogen-bond donors (Lipinski definition) is 1. The molecule has 0 saturated heterocycles. The number of pyridine rings is 1. The number of nitrogens with zero attached hydrogens (tertiary/aromatic N) is 2. The van der Waals surface area contributed by atoms with Gasteiger partial charge < -0.3 is 14.7 Å². The van der Waals surface area contributed by atoms with Crippen LogP contribution >= 0.6 is 0 Å². The van der Waals surface area contributed by atoms with E-state index in [9.17, 15) is 4.79 Å². The summed E-state index contributed by atoms with van der Waals surface area (Å²) in [7, 11) is 1.53. The highest BCUT2D eigenvalue weighted by atomic mass is 16.5. The second-order valence-corrected chi connectivity index (χ2v) is 3.55. The number of rotatable bonds is 6. The maximum absolute atomic E-state index is 12.0. The Hall–Kier alpha value is -1.62. The zero-order valence-corrected chi connectivity index (χ0v) is 10.2. The van der Waals surface area contributed by atoms with Crippen LogP contribution in [0.3, 0.4) is 0 Å². The fraction of sp³-hybridized carbons (Fsp3) is 0.500. The molecule has 0 radical (unpaired) electrons. The summed E-state index contributed by atoms with van der Waals surface area (Å²) in [5, 5.41) is 8.76. The number of amides is 1. The molecule has 1 heterocycles. The van der Waals surface area contributed by atoms with Gasteiger partial charge in [-0.25, -0.2) is 4.98 Å². The van der Waals surface area contributed by atoms with Crippen LogP contribution < -0.4 is 4.74 Å². The summed E-state index contributed by atoms with van der Waals surface area (Å²) in [4.78, 5) is 17.7. The number of aromatic nitrogens is 1. The standard InChI is InChI=1S/C12H18N2O3/c1-3-14(7-4-8-15)12(16)10-5-6-11(17-2)13-9-10/h5-6,9,15H,3-4,7-8H2,1-2H3. The topological polar surface area (TPSA) is 62.7 Å². The lowest BCUT2D eigenvalue weighted by Gasteiger charge is -2.20. The summed E-state index contributed by atoms with van der Waals surface area (Å²) in [5.74, 6) is 0.413. The van der Waals surface area contributed by atoms with E-state index >= 15 is 0 Å². The minimum atomic E-state index is -0.0731. The molecule has 0 bridgehead atoms. The molecule has 1 amide bonds. The van der Waals surface area contributed by atoms with Gasteiger partial charge in [0.25, 0.3) is 5.91 Å². The highest BCUT2D eigenvalue weighted by Crippen LogP contribution is 2.09. The Morgan fingerprint density at radius 1 is 1.53 bits per heavy atom. The average molecular weight is 238 g/mol. The molecule has 0 aliphatic heterocycles. The SMILES string of the molecule is CCN(CCCO)C(=O)c1ccc(OC)nc1. The Kier molecular flexibility index (Phi) is 5.42. The molecule has 0 aliphatic rings. The van der Waals surface area contributed by atoms with E-state index in [0.717, 1.165) is 0 Å². The van der Waals surface area contributed by atoms with E-state index in [2.05, 4.69) is 4.98 Å². The largest absolute Gasteiger partial charge is 0.481 e. The van der Waals surface area contributed by atoms with Gasteiger partial charge in [0.1, 0.15) is 0 Å². The maximum atomic E-state index is 12.0. The molecule has 1 aromatic rings. The van der Waals surface area contributed by atoms with Crippen molar-refractivity contribution in [2.45, 2.75) is 13.3 Å². The van der Waals surface area contributed by atoms with Crippen LogP contribution in [0.15, 0.2) is 18.3 Å². The lowest BCUT2D eigenvalue weighted by atomic mass is 10.2. The lowest BCUT2D eigenvalue weighted by molar-refractivity contribution is 0.0754. The van der Waals surface area contributed by atoms with E-state index in [4.69, 9.17) is 9.84 Å². The lowest BCUT2D eigenvalue weighted by Crippen LogP contribution is -2.32. The average Bonchev–Trinajstić information content (AvgIpc) is 2.39. The van der Waals surface area contributed by atoms with Gasteiger partial charge in [0, 0.05) is 32.0 Å². The molecule has 0 aromatic carbocycles. The molecule has 17 heavy (non-hydrogen) atoms. The highest BCUT2D eigenvalue weighted by Gasteiger charge is 2.13. The predicted molar refractivity (Wildman–Crippen MR) is 64.1 cm³/mol. The van der Waals surface area contributed by atoms with Crippen molar-refractivity contribution < 1.29 is 14.6 Å². The van der Waals surface area contributed by atoms with Crippen molar-refractivity contribution in [3.05, 3.63) is 23.9 Å². The van der Waals surface area contributed by atoms with Crippen molar-refractivity contribution in [2.75, 3.05) is 26.8 Å². The Morgan fingerprint density at radius 2 is 2.29 bits per heavy atom.